The normalized spacial score (nSPS) is 10.9. The Morgan fingerprint density at radius 1 is 1.13 bits per heavy atom. The molecule has 1 aromatic heterocycles. The van der Waals surface area contributed by atoms with E-state index in [1.165, 1.54) is 7.11 Å². The van der Waals surface area contributed by atoms with Crippen LogP contribution in [0.15, 0.2) is 30.3 Å². The standard InChI is InChI=1S/C22H25N3O5/c1-12-16(11-26)14(4-5-17(12)23)21-15(22(24)27)8-13-9-20(30-7-6-28-2)19(29-3)10-18(13)25-21/h4-5,8-10,26H,6-7,11,23H2,1-3H3,(H2,24,27). The summed E-state index contributed by atoms with van der Waals surface area (Å²) in [5.41, 5.74) is 15.3. The summed E-state index contributed by atoms with van der Waals surface area (Å²) < 4.78 is 16.2. The van der Waals surface area contributed by atoms with Crippen molar-refractivity contribution >= 4 is 22.5 Å². The quantitative estimate of drug-likeness (QED) is 0.383. The molecule has 30 heavy (non-hydrogen) atoms. The number of carbonyl (C=O) groups is 1. The molecule has 0 aliphatic rings. The number of methoxy groups -OCH3 is 2. The van der Waals surface area contributed by atoms with Gasteiger partial charge in [-0.1, -0.05) is 6.07 Å². The summed E-state index contributed by atoms with van der Waals surface area (Å²) in [7, 11) is 3.13. The van der Waals surface area contributed by atoms with Crippen molar-refractivity contribution in [2.24, 2.45) is 5.73 Å². The summed E-state index contributed by atoms with van der Waals surface area (Å²) in [6, 6.07) is 8.58. The van der Waals surface area contributed by atoms with Crippen molar-refractivity contribution in [3.8, 4) is 22.8 Å². The van der Waals surface area contributed by atoms with Crippen LogP contribution in [0.25, 0.3) is 22.2 Å². The van der Waals surface area contributed by atoms with Crippen LogP contribution in [0.2, 0.25) is 0 Å². The smallest absolute Gasteiger partial charge is 0.250 e. The molecule has 3 aromatic rings. The Labute approximate surface area is 174 Å². The van der Waals surface area contributed by atoms with Gasteiger partial charge in [0.05, 0.1) is 37.1 Å². The summed E-state index contributed by atoms with van der Waals surface area (Å²) >= 11 is 0. The van der Waals surface area contributed by atoms with Crippen LogP contribution in [0.5, 0.6) is 11.5 Å². The summed E-state index contributed by atoms with van der Waals surface area (Å²) in [6.45, 7) is 2.32. The highest BCUT2D eigenvalue weighted by Gasteiger charge is 2.19. The van der Waals surface area contributed by atoms with E-state index in [0.29, 0.717) is 58.1 Å². The summed E-state index contributed by atoms with van der Waals surface area (Å²) in [5.74, 6) is 0.376. The van der Waals surface area contributed by atoms with E-state index in [0.717, 1.165) is 5.56 Å². The van der Waals surface area contributed by atoms with E-state index in [1.54, 1.807) is 37.4 Å². The summed E-state index contributed by atoms with van der Waals surface area (Å²) in [5, 5.41) is 10.6. The largest absolute Gasteiger partial charge is 0.493 e. The van der Waals surface area contributed by atoms with Gasteiger partial charge in [0.2, 0.25) is 0 Å². The average Bonchev–Trinajstić information content (AvgIpc) is 2.74. The average molecular weight is 411 g/mol. The first-order chi connectivity index (χ1) is 14.4. The van der Waals surface area contributed by atoms with E-state index in [9.17, 15) is 9.90 Å². The predicted octanol–water partition coefficient (Wildman–Crippen LogP) is 2.42. The van der Waals surface area contributed by atoms with Gasteiger partial charge in [-0.05, 0) is 36.2 Å². The molecule has 5 N–H and O–H groups in total. The lowest BCUT2D eigenvalue weighted by Crippen LogP contribution is -2.14. The third kappa shape index (κ3) is 4.00. The first-order valence-electron chi connectivity index (χ1n) is 9.34. The fourth-order valence-corrected chi connectivity index (χ4v) is 3.28. The molecule has 0 spiro atoms. The Morgan fingerprint density at radius 3 is 2.53 bits per heavy atom. The van der Waals surface area contributed by atoms with Crippen LogP contribution in [0.3, 0.4) is 0 Å². The van der Waals surface area contributed by atoms with Gasteiger partial charge in [-0.3, -0.25) is 4.79 Å². The molecule has 8 heteroatoms. The van der Waals surface area contributed by atoms with Crippen LogP contribution in [-0.2, 0) is 11.3 Å². The second-order valence-electron chi connectivity index (χ2n) is 6.75. The number of hydrogen-bond acceptors (Lipinski definition) is 7. The van der Waals surface area contributed by atoms with Gasteiger partial charge in [0.1, 0.15) is 6.61 Å². The van der Waals surface area contributed by atoms with Crippen LogP contribution >= 0.6 is 0 Å². The third-order valence-corrected chi connectivity index (χ3v) is 4.96. The number of nitrogens with two attached hydrogens (primary N) is 2. The lowest BCUT2D eigenvalue weighted by molar-refractivity contribution is 0.100. The highest BCUT2D eigenvalue weighted by molar-refractivity contribution is 6.03. The molecule has 8 nitrogen and oxygen atoms in total. The Bertz CT molecular complexity index is 1100. The Morgan fingerprint density at radius 2 is 1.90 bits per heavy atom. The topological polar surface area (TPSA) is 130 Å². The van der Waals surface area contributed by atoms with Crippen molar-refractivity contribution in [3.63, 3.8) is 0 Å². The van der Waals surface area contributed by atoms with Gasteiger partial charge in [0, 0.05) is 29.8 Å². The lowest BCUT2D eigenvalue weighted by Gasteiger charge is -2.16. The molecular formula is C22H25N3O5. The zero-order valence-corrected chi connectivity index (χ0v) is 17.2. The highest BCUT2D eigenvalue weighted by atomic mass is 16.5. The molecule has 2 aromatic carbocycles. The number of rotatable bonds is 8. The van der Waals surface area contributed by atoms with Gasteiger partial charge in [-0.25, -0.2) is 4.98 Å². The molecule has 0 unspecified atom stereocenters. The molecule has 0 atom stereocenters. The maximum atomic E-state index is 12.2. The Kier molecular flexibility index (Phi) is 6.39. The molecule has 0 radical (unpaired) electrons. The molecule has 1 heterocycles. The molecule has 0 aliphatic carbocycles. The molecule has 0 fully saturated rings. The maximum Gasteiger partial charge on any atom is 0.250 e. The van der Waals surface area contributed by atoms with Crippen molar-refractivity contribution in [2.75, 3.05) is 33.2 Å². The SMILES string of the molecule is COCCOc1cc2cc(C(N)=O)c(-c3ccc(N)c(C)c3CO)nc2cc1OC. The second-order valence-corrected chi connectivity index (χ2v) is 6.75. The molecule has 0 saturated heterocycles. The van der Waals surface area contributed by atoms with Crippen molar-refractivity contribution < 1.29 is 24.1 Å². The van der Waals surface area contributed by atoms with Crippen molar-refractivity contribution in [2.45, 2.75) is 13.5 Å². The lowest BCUT2D eigenvalue weighted by atomic mass is 9.94. The van der Waals surface area contributed by atoms with Crippen LogP contribution < -0.4 is 20.9 Å². The van der Waals surface area contributed by atoms with Crippen molar-refractivity contribution in [3.05, 3.63) is 47.0 Å². The third-order valence-electron chi connectivity index (χ3n) is 4.96. The van der Waals surface area contributed by atoms with Gasteiger partial charge in [0.15, 0.2) is 11.5 Å². The number of nitrogens with zero attached hydrogens (tertiary/aromatic N) is 1. The summed E-state index contributed by atoms with van der Waals surface area (Å²) in [6.07, 6.45) is 0. The monoisotopic (exact) mass is 411 g/mol. The van der Waals surface area contributed by atoms with E-state index in [-0.39, 0.29) is 12.2 Å². The number of amides is 1. The van der Waals surface area contributed by atoms with E-state index in [1.807, 2.05) is 6.92 Å². The fraction of sp³-hybridized carbons (Fsp3) is 0.273. The zero-order valence-electron chi connectivity index (χ0n) is 17.2. The van der Waals surface area contributed by atoms with Crippen LogP contribution in [0.1, 0.15) is 21.5 Å². The first kappa shape index (κ1) is 21.4. The zero-order chi connectivity index (χ0) is 21.8. The van der Waals surface area contributed by atoms with E-state index < -0.39 is 5.91 Å². The number of nitrogen functional groups attached to an aromatic ring is 1. The molecule has 3 rings (SSSR count). The number of aliphatic hydroxyl groups is 1. The van der Waals surface area contributed by atoms with Gasteiger partial charge in [-0.2, -0.15) is 0 Å². The number of ether oxygens (including phenoxy) is 3. The molecular weight excluding hydrogens is 386 g/mol. The highest BCUT2D eigenvalue weighted by Crippen LogP contribution is 2.36. The second kappa shape index (κ2) is 8.98. The minimum atomic E-state index is -0.629. The number of aliphatic hydroxyl groups excluding tert-OH is 1. The van der Waals surface area contributed by atoms with E-state index in [2.05, 4.69) is 4.98 Å². The Hall–Kier alpha value is -3.36. The van der Waals surface area contributed by atoms with Crippen LogP contribution in [-0.4, -0.2) is 43.4 Å². The molecule has 0 saturated carbocycles. The number of pyridine rings is 1. The number of primary amides is 1. The molecule has 1 amide bonds. The van der Waals surface area contributed by atoms with Gasteiger partial charge >= 0.3 is 0 Å². The number of fused-ring (bicyclic) bond motifs is 1. The molecule has 0 aliphatic heterocycles. The van der Waals surface area contributed by atoms with Crippen molar-refractivity contribution in [1.82, 2.24) is 4.98 Å². The van der Waals surface area contributed by atoms with E-state index >= 15 is 0 Å². The maximum absolute atomic E-state index is 12.2. The predicted molar refractivity (Wildman–Crippen MR) is 115 cm³/mol. The summed E-state index contributed by atoms with van der Waals surface area (Å²) in [4.78, 5) is 16.9. The molecule has 0 bridgehead atoms. The van der Waals surface area contributed by atoms with E-state index in [4.69, 9.17) is 25.7 Å². The van der Waals surface area contributed by atoms with Gasteiger partial charge < -0.3 is 30.8 Å². The van der Waals surface area contributed by atoms with Crippen LogP contribution in [0, 0.1) is 6.92 Å². The molecule has 158 valence electrons. The minimum Gasteiger partial charge on any atom is -0.493 e. The van der Waals surface area contributed by atoms with Gasteiger partial charge in [0.25, 0.3) is 5.91 Å². The van der Waals surface area contributed by atoms with Crippen molar-refractivity contribution in [1.29, 1.82) is 0 Å². The number of benzene rings is 2. The first-order valence-corrected chi connectivity index (χ1v) is 9.34. The minimum absolute atomic E-state index is 0.231. The number of carbonyl (C=O) groups excluding carboxylic acids is 1. The number of aromatic nitrogens is 1. The van der Waals surface area contributed by atoms with Gasteiger partial charge in [-0.15, -0.1) is 0 Å². The Balaban J connectivity index is 2.23. The fourth-order valence-electron chi connectivity index (χ4n) is 3.28. The number of hydrogen-bond donors (Lipinski definition) is 3. The van der Waals surface area contributed by atoms with Crippen LogP contribution in [0.4, 0.5) is 5.69 Å². The number of anilines is 1.